The van der Waals surface area contributed by atoms with E-state index in [1.807, 2.05) is 0 Å². The number of ether oxygens (including phenoxy) is 2. The summed E-state index contributed by atoms with van der Waals surface area (Å²) in [6, 6.07) is 8.62. The predicted octanol–water partition coefficient (Wildman–Crippen LogP) is 4.07. The minimum absolute atomic E-state index is 0.0944. The quantitative estimate of drug-likeness (QED) is 0.461. The Balaban J connectivity index is 1.98. The van der Waals surface area contributed by atoms with Gasteiger partial charge in [-0.25, -0.2) is 4.68 Å². The fourth-order valence-electron chi connectivity index (χ4n) is 2.81. The van der Waals surface area contributed by atoms with Crippen molar-refractivity contribution in [3.05, 3.63) is 70.0 Å². The number of anilines is 1. The third-order valence-corrected chi connectivity index (χ3v) is 4.23. The minimum atomic E-state index is -4.93. The number of nitro benzene ring substituents is 1. The van der Waals surface area contributed by atoms with Crippen LogP contribution in [0.3, 0.4) is 0 Å². The molecule has 2 aromatic carbocycles. The zero-order valence-electron chi connectivity index (χ0n) is 16.1. The Hall–Kier alpha value is -4.09. The molecule has 3 rings (SSSR count). The molecule has 0 aliphatic rings. The molecule has 1 heterocycles. The number of hydrogen-bond acceptors (Lipinski definition) is 6. The number of halogens is 3. The lowest BCUT2D eigenvalue weighted by Gasteiger charge is -2.13. The second-order valence-corrected chi connectivity index (χ2v) is 6.11. The lowest BCUT2D eigenvalue weighted by molar-refractivity contribution is -0.384. The van der Waals surface area contributed by atoms with Crippen molar-refractivity contribution in [2.75, 3.05) is 19.5 Å². The van der Waals surface area contributed by atoms with Gasteiger partial charge < -0.3 is 14.8 Å². The number of methoxy groups -OCH3 is 2. The molecule has 1 aromatic heterocycles. The van der Waals surface area contributed by atoms with Crippen LogP contribution in [0.1, 0.15) is 16.1 Å². The number of benzene rings is 2. The number of alkyl halides is 3. The Labute approximate surface area is 173 Å². The van der Waals surface area contributed by atoms with Gasteiger partial charge in [0.2, 0.25) is 0 Å². The van der Waals surface area contributed by atoms with Crippen LogP contribution < -0.4 is 14.8 Å². The first-order valence-electron chi connectivity index (χ1n) is 8.59. The second kappa shape index (κ2) is 8.34. The van der Waals surface area contributed by atoms with Gasteiger partial charge in [-0.1, -0.05) is 0 Å². The maximum absolute atomic E-state index is 13.8. The number of rotatable bonds is 6. The van der Waals surface area contributed by atoms with Crippen LogP contribution >= 0.6 is 0 Å². The predicted molar refractivity (Wildman–Crippen MR) is 103 cm³/mol. The highest BCUT2D eigenvalue weighted by Crippen LogP contribution is 2.35. The van der Waals surface area contributed by atoms with E-state index in [1.165, 1.54) is 32.4 Å². The first kappa shape index (κ1) is 21.6. The van der Waals surface area contributed by atoms with Crippen molar-refractivity contribution in [2.24, 2.45) is 0 Å². The Bertz CT molecular complexity index is 1130. The topological polar surface area (TPSA) is 109 Å². The van der Waals surface area contributed by atoms with E-state index in [2.05, 4.69) is 10.4 Å². The van der Waals surface area contributed by atoms with Gasteiger partial charge in [0.05, 0.1) is 36.6 Å². The molecule has 0 saturated heterocycles. The van der Waals surface area contributed by atoms with Crippen LogP contribution in [0, 0.1) is 10.1 Å². The lowest BCUT2D eigenvalue weighted by Crippen LogP contribution is -2.20. The lowest BCUT2D eigenvalue weighted by atomic mass is 10.2. The molecule has 1 N–H and O–H groups in total. The second-order valence-electron chi connectivity index (χ2n) is 6.11. The molecule has 0 aliphatic heterocycles. The molecule has 9 nitrogen and oxygen atoms in total. The highest BCUT2D eigenvalue weighted by molar-refractivity contribution is 6.05. The molecule has 12 heteroatoms. The number of amides is 1. The molecule has 0 aliphatic carbocycles. The number of nitrogens with one attached hydrogen (secondary N) is 1. The van der Waals surface area contributed by atoms with Gasteiger partial charge in [-0.3, -0.25) is 14.9 Å². The molecular formula is C19H15F3N4O5. The summed E-state index contributed by atoms with van der Waals surface area (Å²) in [6.07, 6.45) is -4.15. The molecule has 162 valence electrons. The summed E-state index contributed by atoms with van der Waals surface area (Å²) >= 11 is 0. The van der Waals surface area contributed by atoms with E-state index in [-0.39, 0.29) is 22.8 Å². The van der Waals surface area contributed by atoms with Crippen molar-refractivity contribution >= 4 is 17.3 Å². The summed E-state index contributed by atoms with van der Waals surface area (Å²) in [5, 5.41) is 16.8. The smallest absolute Gasteiger partial charge is 0.434 e. The van der Waals surface area contributed by atoms with E-state index < -0.39 is 28.3 Å². The molecule has 0 saturated carbocycles. The summed E-state index contributed by atoms with van der Waals surface area (Å²) in [5.41, 5.74) is -2.25. The number of hydrogen-bond donors (Lipinski definition) is 1. The van der Waals surface area contributed by atoms with Gasteiger partial charge >= 0.3 is 6.18 Å². The zero-order chi connectivity index (χ0) is 22.8. The van der Waals surface area contributed by atoms with Crippen LogP contribution in [0.25, 0.3) is 5.69 Å². The Morgan fingerprint density at radius 3 is 2.29 bits per heavy atom. The minimum Gasteiger partial charge on any atom is -0.493 e. The fourth-order valence-corrected chi connectivity index (χ4v) is 2.81. The number of non-ortho nitro benzene ring substituents is 1. The summed E-state index contributed by atoms with van der Waals surface area (Å²) in [7, 11) is 2.79. The average molecular weight is 436 g/mol. The van der Waals surface area contributed by atoms with E-state index in [9.17, 15) is 28.1 Å². The van der Waals surface area contributed by atoms with E-state index in [0.717, 1.165) is 30.5 Å². The van der Waals surface area contributed by atoms with Crippen LogP contribution in [0.5, 0.6) is 11.5 Å². The van der Waals surface area contributed by atoms with Gasteiger partial charge in [0.1, 0.15) is 0 Å². The maximum atomic E-state index is 13.8. The third kappa shape index (κ3) is 4.42. The van der Waals surface area contributed by atoms with Crippen molar-refractivity contribution in [3.63, 3.8) is 0 Å². The van der Waals surface area contributed by atoms with Crippen molar-refractivity contribution in [3.8, 4) is 17.2 Å². The van der Waals surface area contributed by atoms with Crippen LogP contribution in [0.2, 0.25) is 0 Å². The van der Waals surface area contributed by atoms with Crippen LogP contribution in [-0.4, -0.2) is 34.8 Å². The summed E-state index contributed by atoms with van der Waals surface area (Å²) < 4.78 is 52.0. The molecule has 0 bridgehead atoms. The number of carbonyl (C=O) groups excluding carboxylic acids is 1. The van der Waals surface area contributed by atoms with Crippen molar-refractivity contribution in [1.82, 2.24) is 9.78 Å². The number of nitrogens with zero attached hydrogens (tertiary/aromatic N) is 3. The molecule has 0 atom stereocenters. The third-order valence-electron chi connectivity index (χ3n) is 4.23. The SMILES string of the molecule is COc1ccc(NC(=O)c2cnn(-c3ccc([N+](=O)[O-])cc3)c2C(F)(F)F)cc1OC. The number of nitro groups is 1. The molecule has 1 amide bonds. The van der Waals surface area contributed by atoms with Crippen molar-refractivity contribution < 1.29 is 32.4 Å². The van der Waals surface area contributed by atoms with Gasteiger partial charge in [-0.2, -0.15) is 18.3 Å². The average Bonchev–Trinajstić information content (AvgIpc) is 3.19. The summed E-state index contributed by atoms with van der Waals surface area (Å²) in [4.78, 5) is 22.7. The van der Waals surface area contributed by atoms with Crippen LogP contribution in [0.15, 0.2) is 48.7 Å². The Morgan fingerprint density at radius 2 is 1.74 bits per heavy atom. The van der Waals surface area contributed by atoms with Gasteiger partial charge in [-0.05, 0) is 24.3 Å². The molecule has 31 heavy (non-hydrogen) atoms. The monoisotopic (exact) mass is 436 g/mol. The Kier molecular flexibility index (Phi) is 5.81. The van der Waals surface area contributed by atoms with Crippen molar-refractivity contribution in [1.29, 1.82) is 0 Å². The highest BCUT2D eigenvalue weighted by atomic mass is 19.4. The molecule has 3 aromatic rings. The number of aromatic nitrogens is 2. The molecule has 0 spiro atoms. The largest absolute Gasteiger partial charge is 0.493 e. The molecule has 0 radical (unpaired) electrons. The zero-order valence-corrected chi connectivity index (χ0v) is 16.1. The van der Waals surface area contributed by atoms with E-state index in [1.54, 1.807) is 0 Å². The summed E-state index contributed by atoms with van der Waals surface area (Å²) in [5.74, 6) is -0.395. The standard InChI is InChI=1S/C19H15F3N4O5/c1-30-15-8-3-11(9-16(15)31-2)24-18(27)14-10-23-25(17(14)19(20,21)22)12-4-6-13(7-5-12)26(28)29/h3-10H,1-2H3,(H,24,27). The molecule has 0 unspecified atom stereocenters. The first-order valence-corrected chi connectivity index (χ1v) is 8.59. The fraction of sp³-hybridized carbons (Fsp3) is 0.158. The molecule has 0 fully saturated rings. The van der Waals surface area contributed by atoms with Crippen LogP contribution in [-0.2, 0) is 6.18 Å². The van der Waals surface area contributed by atoms with Gasteiger partial charge in [0.15, 0.2) is 17.2 Å². The van der Waals surface area contributed by atoms with Gasteiger partial charge in [-0.15, -0.1) is 0 Å². The Morgan fingerprint density at radius 1 is 1.10 bits per heavy atom. The number of carbonyl (C=O) groups is 1. The van der Waals surface area contributed by atoms with Gasteiger partial charge in [0, 0.05) is 23.9 Å². The first-order chi connectivity index (χ1) is 14.7. The van der Waals surface area contributed by atoms with E-state index in [4.69, 9.17) is 9.47 Å². The highest BCUT2D eigenvalue weighted by Gasteiger charge is 2.40. The van der Waals surface area contributed by atoms with Gasteiger partial charge in [0.25, 0.3) is 11.6 Å². The van der Waals surface area contributed by atoms with E-state index in [0.29, 0.717) is 10.4 Å². The maximum Gasteiger partial charge on any atom is 0.434 e. The van der Waals surface area contributed by atoms with Crippen molar-refractivity contribution in [2.45, 2.75) is 6.18 Å². The molecular weight excluding hydrogens is 421 g/mol. The summed E-state index contributed by atoms with van der Waals surface area (Å²) in [6.45, 7) is 0. The van der Waals surface area contributed by atoms with E-state index >= 15 is 0 Å². The van der Waals surface area contributed by atoms with Crippen LogP contribution in [0.4, 0.5) is 24.5 Å². The normalized spacial score (nSPS) is 11.1.